The van der Waals surface area contributed by atoms with Crippen molar-refractivity contribution in [3.8, 4) is 22.8 Å². The topological polar surface area (TPSA) is 73.2 Å². The Bertz CT molecular complexity index is 510. The maximum absolute atomic E-state index is 5.84. The average Bonchev–Trinajstić information content (AvgIpc) is 2.91. The number of aromatic nitrogens is 2. The van der Waals surface area contributed by atoms with E-state index in [-0.39, 0.29) is 6.10 Å². The molecule has 1 aliphatic heterocycles. The summed E-state index contributed by atoms with van der Waals surface area (Å²) in [5.74, 6) is 1.49. The Kier molecular flexibility index (Phi) is 2.45. The fourth-order valence-electron chi connectivity index (χ4n) is 1.87. The molecule has 17 heavy (non-hydrogen) atoms. The fourth-order valence-corrected chi connectivity index (χ4v) is 1.87. The van der Waals surface area contributed by atoms with E-state index in [1.807, 2.05) is 24.3 Å². The number of benzene rings is 1. The lowest BCUT2D eigenvalue weighted by molar-refractivity contribution is 0.0976. The highest BCUT2D eigenvalue weighted by Crippen LogP contribution is 2.39. The second kappa shape index (κ2) is 4.10. The molecule has 2 aromatic rings. The number of nitrogens with two attached hydrogens (primary N) is 1. The number of H-pyrrole nitrogens is 1. The van der Waals surface area contributed by atoms with Crippen LogP contribution in [-0.4, -0.2) is 29.5 Å². The number of aromatic amines is 1. The maximum Gasteiger partial charge on any atom is 0.171 e. The summed E-state index contributed by atoms with van der Waals surface area (Å²) in [6.45, 7) is 0.937. The van der Waals surface area contributed by atoms with Crippen molar-refractivity contribution in [1.29, 1.82) is 0 Å². The van der Waals surface area contributed by atoms with Crippen molar-refractivity contribution >= 4 is 0 Å². The van der Waals surface area contributed by atoms with Gasteiger partial charge in [-0.1, -0.05) is 6.07 Å². The van der Waals surface area contributed by atoms with Gasteiger partial charge in [-0.2, -0.15) is 5.10 Å². The van der Waals surface area contributed by atoms with Gasteiger partial charge < -0.3 is 15.2 Å². The number of hydrogen-bond acceptors (Lipinski definition) is 4. The second-order valence-corrected chi connectivity index (χ2v) is 3.89. The molecule has 0 spiro atoms. The van der Waals surface area contributed by atoms with Gasteiger partial charge >= 0.3 is 0 Å². The summed E-state index contributed by atoms with van der Waals surface area (Å²) in [4.78, 5) is 0. The molecule has 0 bridgehead atoms. The number of nitrogens with zero attached hydrogens (tertiary/aromatic N) is 1. The number of para-hydroxylation sites is 1. The zero-order valence-electron chi connectivity index (χ0n) is 9.22. The van der Waals surface area contributed by atoms with Crippen LogP contribution in [0.25, 0.3) is 11.3 Å². The minimum absolute atomic E-state index is 0.0911. The van der Waals surface area contributed by atoms with Gasteiger partial charge in [0.2, 0.25) is 0 Å². The van der Waals surface area contributed by atoms with E-state index in [4.69, 9.17) is 15.2 Å². The van der Waals surface area contributed by atoms with E-state index in [0.717, 1.165) is 22.8 Å². The molecule has 5 nitrogen and oxygen atoms in total. The summed E-state index contributed by atoms with van der Waals surface area (Å²) in [5.41, 5.74) is 7.45. The molecule has 5 heteroatoms. The SMILES string of the molecule is NCC1COc2cccc(-c3ccn[nH]3)c2O1. The average molecular weight is 231 g/mol. The number of fused-ring (bicyclic) bond motifs is 1. The molecule has 0 fully saturated rings. The van der Waals surface area contributed by atoms with Gasteiger partial charge in [-0.15, -0.1) is 0 Å². The molecule has 88 valence electrons. The number of hydrogen-bond donors (Lipinski definition) is 2. The van der Waals surface area contributed by atoms with Gasteiger partial charge in [0, 0.05) is 18.3 Å². The van der Waals surface area contributed by atoms with Crippen molar-refractivity contribution in [2.24, 2.45) is 5.73 Å². The van der Waals surface area contributed by atoms with Gasteiger partial charge in [0.05, 0.1) is 5.69 Å². The summed E-state index contributed by atoms with van der Waals surface area (Å²) in [5, 5.41) is 6.86. The van der Waals surface area contributed by atoms with Crippen LogP contribution in [0.4, 0.5) is 0 Å². The van der Waals surface area contributed by atoms with Gasteiger partial charge in [0.25, 0.3) is 0 Å². The maximum atomic E-state index is 5.84. The molecule has 1 unspecified atom stereocenters. The van der Waals surface area contributed by atoms with Crippen LogP contribution in [0, 0.1) is 0 Å². The lowest BCUT2D eigenvalue weighted by Crippen LogP contribution is -2.35. The standard InChI is InChI=1S/C12H13N3O2/c13-6-8-7-16-11-3-1-2-9(12(11)17-8)10-4-5-14-15-10/h1-5,8H,6-7,13H2,(H,14,15). The lowest BCUT2D eigenvalue weighted by atomic mass is 10.1. The normalized spacial score (nSPS) is 18.1. The molecule has 2 heterocycles. The van der Waals surface area contributed by atoms with Crippen LogP contribution in [0.2, 0.25) is 0 Å². The zero-order chi connectivity index (χ0) is 11.7. The van der Waals surface area contributed by atoms with Crippen molar-refractivity contribution in [3.05, 3.63) is 30.5 Å². The predicted molar refractivity (Wildman–Crippen MR) is 63.0 cm³/mol. The van der Waals surface area contributed by atoms with Crippen molar-refractivity contribution in [2.45, 2.75) is 6.10 Å². The molecular weight excluding hydrogens is 218 g/mol. The summed E-state index contributed by atoms with van der Waals surface area (Å²) in [6.07, 6.45) is 1.62. The summed E-state index contributed by atoms with van der Waals surface area (Å²) < 4.78 is 11.5. The van der Waals surface area contributed by atoms with Gasteiger partial charge in [-0.3, -0.25) is 5.10 Å². The van der Waals surface area contributed by atoms with E-state index in [0.29, 0.717) is 13.2 Å². The molecule has 3 rings (SSSR count). The van der Waals surface area contributed by atoms with Crippen LogP contribution < -0.4 is 15.2 Å². The third-order valence-corrected chi connectivity index (χ3v) is 2.74. The minimum atomic E-state index is -0.0911. The highest BCUT2D eigenvalue weighted by molar-refractivity contribution is 5.71. The molecule has 1 aromatic heterocycles. The van der Waals surface area contributed by atoms with Gasteiger partial charge in [-0.25, -0.2) is 0 Å². The summed E-state index contributed by atoms with van der Waals surface area (Å²) in [7, 11) is 0. The van der Waals surface area contributed by atoms with Crippen LogP contribution in [-0.2, 0) is 0 Å². The molecule has 0 amide bonds. The molecule has 0 aliphatic carbocycles. The van der Waals surface area contributed by atoms with E-state index in [1.165, 1.54) is 0 Å². The first-order chi connectivity index (χ1) is 8.38. The Hall–Kier alpha value is -2.01. The predicted octanol–water partition coefficient (Wildman–Crippen LogP) is 1.18. The molecular formula is C12H13N3O2. The number of nitrogens with one attached hydrogen (secondary N) is 1. The Morgan fingerprint density at radius 3 is 3.12 bits per heavy atom. The van der Waals surface area contributed by atoms with E-state index in [2.05, 4.69) is 10.2 Å². The van der Waals surface area contributed by atoms with Crippen LogP contribution >= 0.6 is 0 Å². The van der Waals surface area contributed by atoms with Crippen molar-refractivity contribution in [1.82, 2.24) is 10.2 Å². The third kappa shape index (κ3) is 1.74. The van der Waals surface area contributed by atoms with Gasteiger partial charge in [0.1, 0.15) is 12.7 Å². The monoisotopic (exact) mass is 231 g/mol. The van der Waals surface area contributed by atoms with Crippen LogP contribution in [0.3, 0.4) is 0 Å². The Balaban J connectivity index is 2.06. The third-order valence-electron chi connectivity index (χ3n) is 2.74. The molecule has 1 aliphatic rings. The Morgan fingerprint density at radius 2 is 2.35 bits per heavy atom. The first kappa shape index (κ1) is 10.2. The van der Waals surface area contributed by atoms with Crippen molar-refractivity contribution in [3.63, 3.8) is 0 Å². The molecule has 0 radical (unpaired) electrons. The van der Waals surface area contributed by atoms with Crippen LogP contribution in [0.1, 0.15) is 0 Å². The van der Waals surface area contributed by atoms with Crippen LogP contribution in [0.5, 0.6) is 11.5 Å². The fraction of sp³-hybridized carbons (Fsp3) is 0.250. The van der Waals surface area contributed by atoms with Gasteiger partial charge in [0.15, 0.2) is 11.5 Å². The molecule has 1 atom stereocenters. The zero-order valence-corrected chi connectivity index (χ0v) is 9.22. The highest BCUT2D eigenvalue weighted by atomic mass is 16.6. The molecule has 3 N–H and O–H groups in total. The smallest absolute Gasteiger partial charge is 0.171 e. The molecule has 1 aromatic carbocycles. The second-order valence-electron chi connectivity index (χ2n) is 3.89. The number of ether oxygens (including phenoxy) is 2. The van der Waals surface area contributed by atoms with Crippen molar-refractivity contribution in [2.75, 3.05) is 13.2 Å². The quantitative estimate of drug-likeness (QED) is 0.813. The highest BCUT2D eigenvalue weighted by Gasteiger charge is 2.23. The Labute approximate surface area is 98.5 Å². The lowest BCUT2D eigenvalue weighted by Gasteiger charge is -2.27. The van der Waals surface area contributed by atoms with E-state index < -0.39 is 0 Å². The summed E-state index contributed by atoms with van der Waals surface area (Å²) >= 11 is 0. The minimum Gasteiger partial charge on any atom is -0.486 e. The number of rotatable bonds is 2. The van der Waals surface area contributed by atoms with E-state index >= 15 is 0 Å². The Morgan fingerprint density at radius 1 is 1.41 bits per heavy atom. The molecule has 0 saturated carbocycles. The van der Waals surface area contributed by atoms with Gasteiger partial charge in [-0.05, 0) is 18.2 Å². The summed E-state index contributed by atoms with van der Waals surface area (Å²) in [6, 6.07) is 7.68. The van der Waals surface area contributed by atoms with Crippen LogP contribution in [0.15, 0.2) is 30.5 Å². The first-order valence-electron chi connectivity index (χ1n) is 5.51. The largest absolute Gasteiger partial charge is 0.486 e. The molecule has 0 saturated heterocycles. The first-order valence-corrected chi connectivity index (χ1v) is 5.51. The van der Waals surface area contributed by atoms with Crippen molar-refractivity contribution < 1.29 is 9.47 Å². The van der Waals surface area contributed by atoms with E-state index in [9.17, 15) is 0 Å². The van der Waals surface area contributed by atoms with E-state index in [1.54, 1.807) is 6.20 Å².